The van der Waals surface area contributed by atoms with E-state index in [9.17, 15) is 19.2 Å². The van der Waals surface area contributed by atoms with E-state index in [0.29, 0.717) is 5.69 Å². The molecule has 0 radical (unpaired) electrons. The molecule has 162 valence electrons. The monoisotopic (exact) mass is 423 g/mol. The van der Waals surface area contributed by atoms with Gasteiger partial charge in [0.2, 0.25) is 0 Å². The lowest BCUT2D eigenvalue weighted by atomic mass is 10.1. The lowest BCUT2D eigenvalue weighted by Crippen LogP contribution is -2.45. The number of hydrogen-bond acceptors (Lipinski definition) is 5. The van der Waals surface area contributed by atoms with Gasteiger partial charge < -0.3 is 15.0 Å². The first-order chi connectivity index (χ1) is 15.0. The molecule has 0 heterocycles. The predicted octanol–water partition coefficient (Wildman–Crippen LogP) is 2.89. The van der Waals surface area contributed by atoms with E-state index in [1.54, 1.807) is 43.4 Å². The van der Waals surface area contributed by atoms with Gasteiger partial charge in [-0.1, -0.05) is 43.2 Å². The molecule has 1 saturated carbocycles. The van der Waals surface area contributed by atoms with Gasteiger partial charge in [-0.25, -0.2) is 9.59 Å². The minimum Gasteiger partial charge on any atom is -0.452 e. The molecule has 0 unspecified atom stereocenters. The van der Waals surface area contributed by atoms with Gasteiger partial charge in [0.1, 0.15) is 0 Å². The zero-order chi connectivity index (χ0) is 22.2. The summed E-state index contributed by atoms with van der Waals surface area (Å²) in [4.78, 5) is 50.6. The molecule has 0 aliphatic heterocycles. The number of urea groups is 1. The summed E-state index contributed by atoms with van der Waals surface area (Å²) in [5.41, 5.74) is 0.861. The smallest absolute Gasteiger partial charge is 0.339 e. The summed E-state index contributed by atoms with van der Waals surface area (Å²) in [6, 6.07) is 14.7. The van der Waals surface area contributed by atoms with Crippen molar-refractivity contribution in [3.05, 3.63) is 65.7 Å². The number of amides is 4. The summed E-state index contributed by atoms with van der Waals surface area (Å²) in [6.07, 6.45) is 3.87. The lowest BCUT2D eigenvalue weighted by molar-refractivity contribution is -0.123. The molecular formula is C23H25N3O5. The third-order valence-corrected chi connectivity index (χ3v) is 5.10. The number of carbonyl (C=O) groups excluding carboxylic acids is 4. The maximum absolute atomic E-state index is 12.9. The molecule has 0 aromatic heterocycles. The second-order valence-corrected chi connectivity index (χ2v) is 7.32. The van der Waals surface area contributed by atoms with E-state index in [2.05, 4.69) is 10.6 Å². The van der Waals surface area contributed by atoms with Gasteiger partial charge in [-0.3, -0.25) is 14.9 Å². The van der Waals surface area contributed by atoms with Crippen molar-refractivity contribution in [2.24, 2.45) is 0 Å². The maximum Gasteiger partial charge on any atom is 0.339 e. The molecular weight excluding hydrogens is 398 g/mol. The van der Waals surface area contributed by atoms with Crippen LogP contribution in [-0.4, -0.2) is 43.5 Å². The Bertz CT molecular complexity index is 955. The number of imide groups is 1. The molecule has 4 amide bonds. The van der Waals surface area contributed by atoms with Crippen LogP contribution >= 0.6 is 0 Å². The van der Waals surface area contributed by atoms with Crippen molar-refractivity contribution in [2.75, 3.05) is 18.6 Å². The largest absolute Gasteiger partial charge is 0.452 e. The van der Waals surface area contributed by atoms with Crippen molar-refractivity contribution in [1.29, 1.82) is 0 Å². The molecule has 0 saturated heterocycles. The SMILES string of the molecule is CN(C(=O)c1ccccc1C(=O)OCC(=O)NC(=O)NC1CCCC1)c1ccccc1. The van der Waals surface area contributed by atoms with E-state index >= 15 is 0 Å². The third-order valence-electron chi connectivity index (χ3n) is 5.10. The van der Waals surface area contributed by atoms with Gasteiger partial charge in [0.05, 0.1) is 11.1 Å². The molecule has 8 heteroatoms. The van der Waals surface area contributed by atoms with Crippen LogP contribution in [-0.2, 0) is 9.53 Å². The Morgan fingerprint density at radius 2 is 1.55 bits per heavy atom. The summed E-state index contributed by atoms with van der Waals surface area (Å²) < 4.78 is 5.04. The van der Waals surface area contributed by atoms with Crippen LogP contribution in [0.15, 0.2) is 54.6 Å². The van der Waals surface area contributed by atoms with Crippen LogP contribution in [0.1, 0.15) is 46.4 Å². The Labute approximate surface area is 180 Å². The zero-order valence-corrected chi connectivity index (χ0v) is 17.3. The summed E-state index contributed by atoms with van der Waals surface area (Å²) in [5, 5.41) is 4.87. The summed E-state index contributed by atoms with van der Waals surface area (Å²) in [7, 11) is 1.61. The minimum atomic E-state index is -0.822. The standard InChI is InChI=1S/C23H25N3O5/c1-26(17-11-3-2-4-12-17)21(28)18-13-7-8-14-19(18)22(29)31-15-20(27)25-23(30)24-16-9-5-6-10-16/h2-4,7-8,11-14,16H,5-6,9-10,15H2,1H3,(H2,24,25,27,30). The average molecular weight is 423 g/mol. The molecule has 2 N–H and O–H groups in total. The molecule has 2 aromatic carbocycles. The quantitative estimate of drug-likeness (QED) is 0.695. The number of hydrogen-bond donors (Lipinski definition) is 2. The van der Waals surface area contributed by atoms with E-state index in [-0.39, 0.29) is 23.1 Å². The van der Waals surface area contributed by atoms with Crippen molar-refractivity contribution >= 4 is 29.5 Å². The highest BCUT2D eigenvalue weighted by molar-refractivity contribution is 6.12. The number of nitrogens with one attached hydrogen (secondary N) is 2. The van der Waals surface area contributed by atoms with Crippen LogP contribution in [0.3, 0.4) is 0 Å². The van der Waals surface area contributed by atoms with E-state index in [1.165, 1.54) is 17.0 Å². The van der Waals surface area contributed by atoms with Crippen LogP contribution in [0, 0.1) is 0 Å². The van der Waals surface area contributed by atoms with Gasteiger partial charge in [0, 0.05) is 18.8 Å². The Morgan fingerprint density at radius 3 is 2.23 bits per heavy atom. The van der Waals surface area contributed by atoms with E-state index in [0.717, 1.165) is 25.7 Å². The fourth-order valence-electron chi connectivity index (χ4n) is 3.46. The first kappa shape index (κ1) is 22.0. The fraction of sp³-hybridized carbons (Fsp3) is 0.304. The topological polar surface area (TPSA) is 105 Å². The number of para-hydroxylation sites is 1. The number of benzene rings is 2. The summed E-state index contributed by atoms with van der Waals surface area (Å²) >= 11 is 0. The average Bonchev–Trinajstić information content (AvgIpc) is 3.29. The number of ether oxygens (including phenoxy) is 1. The second-order valence-electron chi connectivity index (χ2n) is 7.32. The van der Waals surface area contributed by atoms with Gasteiger partial charge in [-0.15, -0.1) is 0 Å². The van der Waals surface area contributed by atoms with Crippen molar-refractivity contribution in [3.63, 3.8) is 0 Å². The Balaban J connectivity index is 1.58. The Hall–Kier alpha value is -3.68. The molecule has 2 aromatic rings. The predicted molar refractivity (Wildman–Crippen MR) is 115 cm³/mol. The van der Waals surface area contributed by atoms with Crippen LogP contribution < -0.4 is 15.5 Å². The molecule has 1 aliphatic rings. The molecule has 3 rings (SSSR count). The van der Waals surface area contributed by atoms with Gasteiger partial charge in [-0.2, -0.15) is 0 Å². The van der Waals surface area contributed by atoms with E-state index < -0.39 is 24.5 Å². The highest BCUT2D eigenvalue weighted by Gasteiger charge is 2.23. The molecule has 31 heavy (non-hydrogen) atoms. The van der Waals surface area contributed by atoms with Crippen molar-refractivity contribution in [1.82, 2.24) is 10.6 Å². The van der Waals surface area contributed by atoms with Crippen molar-refractivity contribution in [2.45, 2.75) is 31.7 Å². The molecule has 8 nitrogen and oxygen atoms in total. The summed E-state index contributed by atoms with van der Waals surface area (Å²) in [5.74, 6) is -1.95. The minimum absolute atomic E-state index is 0.0403. The lowest BCUT2D eigenvalue weighted by Gasteiger charge is -2.18. The highest BCUT2D eigenvalue weighted by Crippen LogP contribution is 2.19. The van der Waals surface area contributed by atoms with Gasteiger partial charge >= 0.3 is 12.0 Å². The van der Waals surface area contributed by atoms with Crippen molar-refractivity contribution < 1.29 is 23.9 Å². The van der Waals surface area contributed by atoms with Crippen LogP contribution in [0.4, 0.5) is 10.5 Å². The van der Waals surface area contributed by atoms with Gasteiger partial charge in [0.25, 0.3) is 11.8 Å². The molecule has 1 aliphatic carbocycles. The summed E-state index contributed by atoms with van der Waals surface area (Å²) in [6.45, 7) is -0.631. The Morgan fingerprint density at radius 1 is 0.935 bits per heavy atom. The molecule has 0 atom stereocenters. The first-order valence-corrected chi connectivity index (χ1v) is 10.2. The Kier molecular flexibility index (Phi) is 7.37. The fourth-order valence-corrected chi connectivity index (χ4v) is 3.46. The van der Waals surface area contributed by atoms with Crippen LogP contribution in [0.25, 0.3) is 0 Å². The van der Waals surface area contributed by atoms with Crippen LogP contribution in [0.2, 0.25) is 0 Å². The zero-order valence-electron chi connectivity index (χ0n) is 17.3. The molecule has 0 bridgehead atoms. The number of esters is 1. The normalized spacial score (nSPS) is 13.3. The van der Waals surface area contributed by atoms with Crippen LogP contribution in [0.5, 0.6) is 0 Å². The van der Waals surface area contributed by atoms with E-state index in [4.69, 9.17) is 4.74 Å². The maximum atomic E-state index is 12.9. The van der Waals surface area contributed by atoms with Gasteiger partial charge in [0.15, 0.2) is 6.61 Å². The van der Waals surface area contributed by atoms with Gasteiger partial charge in [-0.05, 0) is 37.1 Å². The number of anilines is 1. The molecule has 1 fully saturated rings. The first-order valence-electron chi connectivity index (χ1n) is 10.2. The second kappa shape index (κ2) is 10.4. The number of rotatable bonds is 6. The number of nitrogens with zero attached hydrogens (tertiary/aromatic N) is 1. The molecule has 0 spiro atoms. The third kappa shape index (κ3) is 5.91. The number of carbonyl (C=O) groups is 4. The van der Waals surface area contributed by atoms with Crippen molar-refractivity contribution in [3.8, 4) is 0 Å². The van der Waals surface area contributed by atoms with E-state index in [1.807, 2.05) is 6.07 Å². The highest BCUT2D eigenvalue weighted by atomic mass is 16.5.